The SMILES string of the molecule is CC(C)CC(NC(C)Cc1ccc(Br)cc1)C(=O)N(C)C. The molecule has 21 heavy (non-hydrogen) atoms. The highest BCUT2D eigenvalue weighted by atomic mass is 79.9. The Labute approximate surface area is 137 Å². The van der Waals surface area contributed by atoms with Gasteiger partial charge in [-0.25, -0.2) is 0 Å². The molecule has 0 spiro atoms. The third kappa shape index (κ3) is 6.62. The summed E-state index contributed by atoms with van der Waals surface area (Å²) in [6.45, 7) is 6.44. The summed E-state index contributed by atoms with van der Waals surface area (Å²) in [6, 6.07) is 8.50. The van der Waals surface area contributed by atoms with Gasteiger partial charge in [0.25, 0.3) is 0 Å². The number of amides is 1. The summed E-state index contributed by atoms with van der Waals surface area (Å²) in [6.07, 6.45) is 1.78. The van der Waals surface area contributed by atoms with Gasteiger partial charge in [-0.2, -0.15) is 0 Å². The summed E-state index contributed by atoms with van der Waals surface area (Å²) < 4.78 is 1.09. The number of nitrogens with one attached hydrogen (secondary N) is 1. The van der Waals surface area contributed by atoms with Crippen LogP contribution < -0.4 is 5.32 Å². The van der Waals surface area contributed by atoms with Crippen molar-refractivity contribution in [1.82, 2.24) is 10.2 Å². The summed E-state index contributed by atoms with van der Waals surface area (Å²) in [5.41, 5.74) is 1.28. The van der Waals surface area contributed by atoms with E-state index < -0.39 is 0 Å². The first-order valence-corrected chi connectivity index (χ1v) is 8.30. The van der Waals surface area contributed by atoms with Crippen molar-refractivity contribution in [2.75, 3.05) is 14.1 Å². The third-order valence-electron chi connectivity index (χ3n) is 3.39. The normalized spacial score (nSPS) is 14.0. The Hall–Kier alpha value is -0.870. The van der Waals surface area contributed by atoms with Crippen molar-refractivity contribution in [2.24, 2.45) is 5.92 Å². The minimum atomic E-state index is -0.106. The number of nitrogens with zero attached hydrogens (tertiary/aromatic N) is 1. The third-order valence-corrected chi connectivity index (χ3v) is 3.92. The van der Waals surface area contributed by atoms with Gasteiger partial charge in [-0.1, -0.05) is 41.9 Å². The smallest absolute Gasteiger partial charge is 0.239 e. The van der Waals surface area contributed by atoms with E-state index in [-0.39, 0.29) is 18.0 Å². The van der Waals surface area contributed by atoms with E-state index >= 15 is 0 Å². The van der Waals surface area contributed by atoms with Gasteiger partial charge in [-0.05, 0) is 43.4 Å². The zero-order chi connectivity index (χ0) is 16.0. The average molecular weight is 355 g/mol. The highest BCUT2D eigenvalue weighted by Gasteiger charge is 2.22. The van der Waals surface area contributed by atoms with E-state index in [4.69, 9.17) is 0 Å². The van der Waals surface area contributed by atoms with Crippen LogP contribution in [0.2, 0.25) is 0 Å². The van der Waals surface area contributed by atoms with E-state index in [9.17, 15) is 4.79 Å². The molecule has 0 heterocycles. The van der Waals surface area contributed by atoms with Crippen molar-refractivity contribution in [3.63, 3.8) is 0 Å². The molecule has 4 heteroatoms. The standard InChI is InChI=1S/C17H27BrN2O/c1-12(2)10-16(17(21)20(4)5)19-13(3)11-14-6-8-15(18)9-7-14/h6-9,12-13,16,19H,10-11H2,1-5H3. The molecule has 0 saturated heterocycles. The molecule has 1 rings (SSSR count). The number of rotatable bonds is 7. The number of carbonyl (C=O) groups excluding carboxylic acids is 1. The molecule has 0 aliphatic carbocycles. The number of likely N-dealkylation sites (N-methyl/N-ethyl adjacent to an activating group) is 1. The highest BCUT2D eigenvalue weighted by Crippen LogP contribution is 2.13. The van der Waals surface area contributed by atoms with Crippen LogP contribution in [0.3, 0.4) is 0 Å². The molecule has 118 valence electrons. The molecule has 0 bridgehead atoms. The van der Waals surface area contributed by atoms with Gasteiger partial charge >= 0.3 is 0 Å². The molecule has 3 nitrogen and oxygen atoms in total. The number of benzene rings is 1. The van der Waals surface area contributed by atoms with Gasteiger partial charge in [0, 0.05) is 24.6 Å². The fourth-order valence-corrected chi connectivity index (χ4v) is 2.66. The Morgan fingerprint density at radius 2 is 1.76 bits per heavy atom. The van der Waals surface area contributed by atoms with Gasteiger partial charge < -0.3 is 10.2 Å². The van der Waals surface area contributed by atoms with Crippen LogP contribution in [-0.4, -0.2) is 37.0 Å². The first-order valence-electron chi connectivity index (χ1n) is 7.51. The zero-order valence-corrected chi connectivity index (χ0v) is 15.3. The van der Waals surface area contributed by atoms with Gasteiger partial charge in [-0.3, -0.25) is 4.79 Å². The zero-order valence-electron chi connectivity index (χ0n) is 13.7. The fraction of sp³-hybridized carbons (Fsp3) is 0.588. The Morgan fingerprint density at radius 1 is 1.19 bits per heavy atom. The first-order chi connectivity index (χ1) is 9.79. The van der Waals surface area contributed by atoms with Crippen LogP contribution >= 0.6 is 15.9 Å². The fourth-order valence-electron chi connectivity index (χ4n) is 2.40. The molecule has 1 N–H and O–H groups in total. The lowest BCUT2D eigenvalue weighted by Crippen LogP contribution is -2.48. The maximum atomic E-state index is 12.3. The van der Waals surface area contributed by atoms with Gasteiger partial charge in [0.1, 0.15) is 0 Å². The molecular formula is C17H27BrN2O. The second-order valence-corrected chi connectivity index (χ2v) is 7.23. The lowest BCUT2D eigenvalue weighted by atomic mass is 10.0. The minimum absolute atomic E-state index is 0.106. The molecular weight excluding hydrogens is 328 g/mol. The van der Waals surface area contributed by atoms with Gasteiger partial charge in [0.15, 0.2) is 0 Å². The van der Waals surface area contributed by atoms with Crippen LogP contribution in [0.4, 0.5) is 0 Å². The monoisotopic (exact) mass is 354 g/mol. The first kappa shape index (κ1) is 18.2. The predicted octanol–water partition coefficient (Wildman–Crippen LogP) is 3.47. The Kier molecular flexibility index (Phi) is 7.40. The van der Waals surface area contributed by atoms with Crippen LogP contribution in [0, 0.1) is 5.92 Å². The van der Waals surface area contributed by atoms with E-state index in [0.717, 1.165) is 17.3 Å². The van der Waals surface area contributed by atoms with E-state index in [2.05, 4.69) is 66.3 Å². The average Bonchev–Trinajstić information content (AvgIpc) is 2.39. The quantitative estimate of drug-likeness (QED) is 0.812. The van der Waals surface area contributed by atoms with Crippen LogP contribution in [0.5, 0.6) is 0 Å². The number of halogens is 1. The summed E-state index contributed by atoms with van der Waals surface area (Å²) in [5, 5.41) is 3.49. The van der Waals surface area contributed by atoms with Crippen molar-refractivity contribution in [3.8, 4) is 0 Å². The lowest BCUT2D eigenvalue weighted by Gasteiger charge is -2.26. The molecule has 2 atom stereocenters. The topological polar surface area (TPSA) is 32.3 Å². The molecule has 0 aliphatic rings. The van der Waals surface area contributed by atoms with Gasteiger partial charge in [-0.15, -0.1) is 0 Å². The Morgan fingerprint density at radius 3 is 2.24 bits per heavy atom. The van der Waals surface area contributed by atoms with E-state index in [1.54, 1.807) is 4.90 Å². The highest BCUT2D eigenvalue weighted by molar-refractivity contribution is 9.10. The Balaban J connectivity index is 2.64. The number of carbonyl (C=O) groups is 1. The van der Waals surface area contributed by atoms with E-state index in [0.29, 0.717) is 5.92 Å². The van der Waals surface area contributed by atoms with Crippen LogP contribution in [0.25, 0.3) is 0 Å². The van der Waals surface area contributed by atoms with E-state index in [1.807, 2.05) is 14.1 Å². The molecule has 0 aromatic heterocycles. The number of hydrogen-bond donors (Lipinski definition) is 1. The van der Waals surface area contributed by atoms with Crippen molar-refractivity contribution in [1.29, 1.82) is 0 Å². The number of hydrogen-bond acceptors (Lipinski definition) is 2. The Bertz CT molecular complexity index is 443. The molecule has 2 unspecified atom stereocenters. The summed E-state index contributed by atoms with van der Waals surface area (Å²) in [7, 11) is 3.63. The molecule has 0 radical (unpaired) electrons. The lowest BCUT2D eigenvalue weighted by molar-refractivity contribution is -0.131. The predicted molar refractivity (Wildman–Crippen MR) is 92.4 cm³/mol. The molecule has 1 aromatic rings. The summed E-state index contributed by atoms with van der Waals surface area (Å²) in [4.78, 5) is 13.9. The van der Waals surface area contributed by atoms with Crippen LogP contribution in [0.1, 0.15) is 32.8 Å². The summed E-state index contributed by atoms with van der Waals surface area (Å²) in [5.74, 6) is 0.651. The van der Waals surface area contributed by atoms with Crippen molar-refractivity contribution in [2.45, 2.75) is 45.7 Å². The second kappa shape index (κ2) is 8.54. The van der Waals surface area contributed by atoms with Crippen molar-refractivity contribution < 1.29 is 4.79 Å². The molecule has 0 saturated carbocycles. The minimum Gasteiger partial charge on any atom is -0.347 e. The summed E-state index contributed by atoms with van der Waals surface area (Å²) >= 11 is 3.45. The van der Waals surface area contributed by atoms with Crippen molar-refractivity contribution >= 4 is 21.8 Å². The molecule has 1 amide bonds. The van der Waals surface area contributed by atoms with Crippen LogP contribution in [-0.2, 0) is 11.2 Å². The van der Waals surface area contributed by atoms with Crippen LogP contribution in [0.15, 0.2) is 28.7 Å². The van der Waals surface area contributed by atoms with Gasteiger partial charge in [0.2, 0.25) is 5.91 Å². The van der Waals surface area contributed by atoms with Crippen molar-refractivity contribution in [3.05, 3.63) is 34.3 Å². The molecule has 1 aromatic carbocycles. The van der Waals surface area contributed by atoms with Gasteiger partial charge in [0.05, 0.1) is 6.04 Å². The molecule has 0 fully saturated rings. The van der Waals surface area contributed by atoms with E-state index in [1.165, 1.54) is 5.56 Å². The second-order valence-electron chi connectivity index (χ2n) is 6.31. The molecule has 0 aliphatic heterocycles. The maximum absolute atomic E-state index is 12.3. The largest absolute Gasteiger partial charge is 0.347 e. The maximum Gasteiger partial charge on any atom is 0.239 e.